The van der Waals surface area contributed by atoms with Gasteiger partial charge in [0.1, 0.15) is 58.6 Å². The number of nitrogens with zero attached hydrogens (tertiary/aromatic N) is 10. The number of phenols is 2. The Balaban J connectivity index is 1.23. The van der Waals surface area contributed by atoms with Gasteiger partial charge in [0.05, 0.1) is 37.8 Å². The van der Waals surface area contributed by atoms with Crippen LogP contribution in [0.5, 0.6) is 11.5 Å². The van der Waals surface area contributed by atoms with E-state index in [-0.39, 0.29) is 17.8 Å². The van der Waals surface area contributed by atoms with E-state index in [0.717, 1.165) is 54.6 Å². The lowest BCUT2D eigenvalue weighted by Gasteiger charge is -2.13. The van der Waals surface area contributed by atoms with Crippen molar-refractivity contribution < 1.29 is 113 Å². The largest absolute Gasteiger partial charge is 0.505 e. The Kier molecular flexibility index (Phi) is 16.3. The van der Waals surface area contributed by atoms with Crippen molar-refractivity contribution in [3.05, 3.63) is 123 Å². The van der Waals surface area contributed by atoms with Crippen LogP contribution in [0.1, 0.15) is 20.8 Å². The second-order valence-electron chi connectivity index (χ2n) is 17.2. The molecule has 13 N–H and O–H groups in total. The first-order valence-corrected chi connectivity index (χ1v) is 31.0. The summed E-state index contributed by atoms with van der Waals surface area (Å²) in [5.74, 6) is -6.61. The van der Waals surface area contributed by atoms with Crippen molar-refractivity contribution in [2.45, 2.75) is 29.4 Å². The minimum Gasteiger partial charge on any atom is -0.505 e. The van der Waals surface area contributed by atoms with Crippen molar-refractivity contribution in [1.82, 2.24) is 9.78 Å². The summed E-state index contributed by atoms with van der Waals surface area (Å²) in [4.78, 5) is 40.8. The van der Waals surface area contributed by atoms with Crippen molar-refractivity contribution in [3.8, 4) is 17.2 Å². The number of nitro groups is 1. The number of nitrogen functional groups attached to an aromatic ring is 1. The van der Waals surface area contributed by atoms with Crippen molar-refractivity contribution >= 4 is 151 Å². The number of aromatic hydroxyl groups is 2. The number of carboxylic acid groups (broad SMARTS) is 2. The summed E-state index contributed by atoms with van der Waals surface area (Å²) in [5.41, 5.74) is -7.57. The van der Waals surface area contributed by atoms with Gasteiger partial charge in [0.25, 0.3) is 72.0 Å². The number of nitro benzene ring substituents is 1. The van der Waals surface area contributed by atoms with E-state index in [1.165, 1.54) is 0 Å². The minimum absolute atomic E-state index is 0.232. The van der Waals surface area contributed by atoms with Crippen molar-refractivity contribution in [3.63, 3.8) is 0 Å². The number of H-pyrrole nitrogens is 1. The summed E-state index contributed by atoms with van der Waals surface area (Å²) in [5, 5.41) is 81.2. The number of azo groups is 4. The quantitative estimate of drug-likeness (QED) is 0.0136. The predicted octanol–water partition coefficient (Wildman–Crippen LogP) is 6.91. The lowest BCUT2D eigenvalue weighted by molar-refractivity contribution is -0.385. The Labute approximate surface area is 487 Å². The van der Waals surface area contributed by atoms with Gasteiger partial charge in [-0.2, -0.15) is 55.6 Å². The highest BCUT2D eigenvalue weighted by atomic mass is 32.2. The van der Waals surface area contributed by atoms with Crippen LogP contribution in [0, 0.1) is 10.1 Å². The van der Waals surface area contributed by atoms with E-state index >= 15 is 0 Å². The molecular weight excluding hydrogens is 1310 g/mol. The Morgan fingerprint density at radius 3 is 1.58 bits per heavy atom. The molecule has 0 spiro atoms. The fraction of sp³-hybridized carbons (Fsp3) is 0. The zero-order chi connectivity index (χ0) is 65.3. The predicted molar refractivity (Wildman–Crippen MR) is 291 cm³/mol. The number of rotatable bonds is 18. The zero-order valence-corrected chi connectivity index (χ0v) is 47.0. The first kappa shape index (κ1) is 63.7. The molecule has 0 saturated carbocycles. The lowest BCUT2D eigenvalue weighted by Crippen LogP contribution is -2.14. The SMILES string of the molecule is Nc1c(N=Nc2ccc3c(O)c(N=Nc4cc(C(=O)O)c(N=Nc5c(C(=O)O)[nH]n(-c6ccc(S(=O)(=O)O)cc6)c5=O)c(S(=O)(=O)O)c4)c(S(=O)(=O)O)cc3c2S(=O)(=O)O)cc(S(=O)(=O)O)c2ccc(N=Nc3ccc([N+](=O)[O-])cc3S(=O)(=O)O)c(O)c12. The van der Waals surface area contributed by atoms with Gasteiger partial charge in [-0.25, -0.2) is 14.3 Å². The first-order valence-electron chi connectivity index (χ1n) is 22.4. The summed E-state index contributed by atoms with van der Waals surface area (Å²) in [6.07, 6.45) is 0. The maximum atomic E-state index is 13.4. The third kappa shape index (κ3) is 12.6. The topological polar surface area (TPSA) is 647 Å². The zero-order valence-electron chi connectivity index (χ0n) is 42.1. The van der Waals surface area contributed by atoms with E-state index in [1.54, 1.807) is 0 Å². The molecule has 0 fully saturated rings. The van der Waals surface area contributed by atoms with Crippen molar-refractivity contribution in [2.24, 2.45) is 40.9 Å². The number of non-ortho nitro benzene ring substituents is 1. The number of aromatic nitrogens is 2. The Hall–Kier alpha value is -10.3. The summed E-state index contributed by atoms with van der Waals surface area (Å²) < 4.78 is 211. The summed E-state index contributed by atoms with van der Waals surface area (Å²) in [6.45, 7) is 0. The molecule has 8 aromatic rings. The molecule has 0 bridgehead atoms. The summed E-state index contributed by atoms with van der Waals surface area (Å²) in [7, 11) is -32.6. The smallest absolute Gasteiger partial charge is 0.356 e. The van der Waals surface area contributed by atoms with Gasteiger partial charge in [-0.05, 0) is 72.8 Å². The van der Waals surface area contributed by atoms with E-state index in [4.69, 9.17) is 5.73 Å². The van der Waals surface area contributed by atoms with Gasteiger partial charge in [-0.15, -0.1) is 35.8 Å². The molecule has 88 heavy (non-hydrogen) atoms. The molecule has 458 valence electrons. The van der Waals surface area contributed by atoms with Gasteiger partial charge in [-0.1, -0.05) is 6.07 Å². The molecule has 1 aromatic heterocycles. The Morgan fingerprint density at radius 1 is 0.500 bits per heavy atom. The highest BCUT2D eigenvalue weighted by Gasteiger charge is 2.31. The molecule has 1 heterocycles. The van der Waals surface area contributed by atoms with Gasteiger partial charge in [0, 0.05) is 28.3 Å². The van der Waals surface area contributed by atoms with Crippen LogP contribution in [-0.2, 0) is 60.7 Å². The fourth-order valence-electron chi connectivity index (χ4n) is 7.93. The van der Waals surface area contributed by atoms with Crippen molar-refractivity contribution in [2.75, 3.05) is 5.73 Å². The number of fused-ring (bicyclic) bond motifs is 2. The fourth-order valence-corrected chi connectivity index (χ4v) is 11.9. The molecule has 0 aliphatic carbocycles. The van der Waals surface area contributed by atoms with Gasteiger partial charge >= 0.3 is 11.9 Å². The third-order valence-electron chi connectivity index (χ3n) is 11.7. The molecule has 45 heteroatoms. The van der Waals surface area contributed by atoms with E-state index in [0.29, 0.717) is 28.9 Å². The van der Waals surface area contributed by atoms with Crippen LogP contribution in [0.3, 0.4) is 0 Å². The Bertz CT molecular complexity index is 5360. The molecule has 8 rings (SSSR count). The number of aromatic amines is 1. The molecule has 0 aliphatic rings. The Morgan fingerprint density at radius 2 is 1.02 bits per heavy atom. The van der Waals surface area contributed by atoms with Crippen LogP contribution in [0.25, 0.3) is 27.2 Å². The number of benzene rings is 7. The number of nitrogens with one attached hydrogen (secondary N) is 1. The molecule has 0 unspecified atom stereocenters. The summed E-state index contributed by atoms with van der Waals surface area (Å²) >= 11 is 0. The van der Waals surface area contributed by atoms with Crippen molar-refractivity contribution in [1.29, 1.82) is 0 Å². The van der Waals surface area contributed by atoms with Gasteiger partial charge in [0.15, 0.2) is 22.9 Å². The van der Waals surface area contributed by atoms with Crippen LogP contribution in [-0.4, -0.2) is 125 Å². The maximum absolute atomic E-state index is 13.4. The van der Waals surface area contributed by atoms with Gasteiger partial charge in [0.2, 0.25) is 0 Å². The highest BCUT2D eigenvalue weighted by Crippen LogP contribution is 2.48. The number of carboxylic acids is 2. The van der Waals surface area contributed by atoms with Crippen LogP contribution in [0.15, 0.2) is 166 Å². The number of phenolic OH excluding ortho intramolecular Hbond substituents is 2. The normalized spacial score (nSPS) is 13.0. The summed E-state index contributed by atoms with van der Waals surface area (Å²) in [6, 6.07) is 9.89. The number of nitrogens with two attached hydrogens (primary N) is 1. The third-order valence-corrected chi connectivity index (χ3v) is 17.1. The number of hydrogen-bond acceptors (Lipinski definition) is 28. The lowest BCUT2D eigenvalue weighted by atomic mass is 10.1. The van der Waals surface area contributed by atoms with Crippen LogP contribution >= 0.6 is 0 Å². The highest BCUT2D eigenvalue weighted by molar-refractivity contribution is 7.87. The van der Waals surface area contributed by atoms with E-state index < -0.39 is 214 Å². The van der Waals surface area contributed by atoms with E-state index in [1.807, 2.05) is 0 Å². The average molecular weight is 1340 g/mol. The molecule has 7 aromatic carbocycles. The monoisotopic (exact) mass is 1340 g/mol. The van der Waals surface area contributed by atoms with E-state index in [9.17, 15) is 123 Å². The maximum Gasteiger partial charge on any atom is 0.356 e. The molecule has 0 atom stereocenters. The number of carbonyl (C=O) groups is 2. The standard InChI is InChI=1S/C43H28N12O27S6/c44-33-27(15-28(84(68,69)70)21-7-9-25(39(57)32(21)33)47-46-24-8-3-18(55(63)64)13-29(24)85(71,72)73)49-48-26-10-6-20-22(40(26)88(80,81)82)14-31(87(77,78)79)35(38(20)56)51-45-16-11-23(42(59)60)34(30(12-16)86(74,75)76)50-52-36-37(43(61)62)53-54(41(36)58)17-1-4-19(5-2-17)83(65,66)67/h1-15,53,56-57H,44H2,(H,59,60)(H,61,62)(H,65,66,67)(H,68,69,70)(H,71,72,73)(H,74,75,76)(H,77,78,79)(H,80,81,82). The molecule has 0 saturated heterocycles. The second kappa shape index (κ2) is 22.5. The molecule has 0 radical (unpaired) electrons. The van der Waals surface area contributed by atoms with Crippen LogP contribution < -0.4 is 11.3 Å². The molecule has 0 amide bonds. The molecule has 39 nitrogen and oxygen atoms in total. The van der Waals surface area contributed by atoms with Crippen LogP contribution in [0.2, 0.25) is 0 Å². The second-order valence-corrected chi connectivity index (χ2v) is 25.6. The van der Waals surface area contributed by atoms with E-state index in [2.05, 4.69) is 46.0 Å². The van der Waals surface area contributed by atoms with Gasteiger partial charge < -0.3 is 26.2 Å². The molecular formula is C43H28N12O27S6. The average Bonchev–Trinajstić information content (AvgIpc) is 1.44. The number of aromatic carboxylic acids is 2. The van der Waals surface area contributed by atoms with Crippen LogP contribution in [0.4, 0.5) is 56.9 Å². The number of hydrogen-bond donors (Lipinski definition) is 12. The van der Waals surface area contributed by atoms with Gasteiger partial charge in [-0.3, -0.25) is 47.3 Å². The molecule has 0 aliphatic heterocycles. The minimum atomic E-state index is -5.80. The number of anilines is 1. The first-order chi connectivity index (χ1) is 40.6.